The first-order chi connectivity index (χ1) is 4.70. The molecule has 2 unspecified atom stereocenters. The molecule has 4 nitrogen and oxygen atoms in total. The molecule has 0 aromatic heterocycles. The molecule has 10 heavy (non-hydrogen) atoms. The quantitative estimate of drug-likeness (QED) is 0.421. The highest BCUT2D eigenvalue weighted by atomic mass is 16.8. The van der Waals surface area contributed by atoms with Gasteiger partial charge in [-0.1, -0.05) is 0 Å². The number of hydrogen-bond acceptors (Lipinski definition) is 4. The molecular weight excluding hydrogens is 136 g/mol. The second-order valence-corrected chi connectivity index (χ2v) is 1.74. The molecule has 0 fully saturated rings. The summed E-state index contributed by atoms with van der Waals surface area (Å²) in [4.78, 5) is 9.74. The van der Waals surface area contributed by atoms with Gasteiger partial charge in [0.25, 0.3) is 6.47 Å². The van der Waals surface area contributed by atoms with E-state index >= 15 is 0 Å². The fourth-order valence-corrected chi connectivity index (χ4v) is 0.436. The standard InChI is InChI=1S/C6H12O4/c1-5(8-3)10-6(2)9-4-7/h4-6H,1-3H3. The molecule has 0 aliphatic carbocycles. The summed E-state index contributed by atoms with van der Waals surface area (Å²) in [6.45, 7) is 3.67. The van der Waals surface area contributed by atoms with Crippen LogP contribution in [-0.2, 0) is 19.0 Å². The summed E-state index contributed by atoms with van der Waals surface area (Å²) in [6.07, 6.45) is -0.901. The molecule has 0 aromatic carbocycles. The number of ether oxygens (including phenoxy) is 3. The minimum Gasteiger partial charge on any atom is -0.438 e. The first kappa shape index (κ1) is 9.39. The lowest BCUT2D eigenvalue weighted by atomic mass is 10.7. The van der Waals surface area contributed by atoms with Crippen molar-refractivity contribution < 1.29 is 19.0 Å². The highest BCUT2D eigenvalue weighted by Gasteiger charge is 2.05. The van der Waals surface area contributed by atoms with Crippen LogP contribution in [0.3, 0.4) is 0 Å². The van der Waals surface area contributed by atoms with Gasteiger partial charge in [0.05, 0.1) is 0 Å². The van der Waals surface area contributed by atoms with E-state index in [-0.39, 0.29) is 6.29 Å². The third-order valence-corrected chi connectivity index (χ3v) is 0.962. The van der Waals surface area contributed by atoms with Crippen molar-refractivity contribution in [3.05, 3.63) is 0 Å². The van der Waals surface area contributed by atoms with Gasteiger partial charge in [0.2, 0.25) is 6.29 Å². The van der Waals surface area contributed by atoms with E-state index < -0.39 is 6.29 Å². The maximum absolute atomic E-state index is 9.74. The van der Waals surface area contributed by atoms with Crippen molar-refractivity contribution in [2.24, 2.45) is 0 Å². The van der Waals surface area contributed by atoms with E-state index in [9.17, 15) is 4.79 Å². The first-order valence-corrected chi connectivity index (χ1v) is 2.98. The number of rotatable bonds is 5. The molecule has 0 aromatic rings. The van der Waals surface area contributed by atoms with Crippen molar-refractivity contribution in [3.63, 3.8) is 0 Å². The molecule has 0 saturated heterocycles. The predicted octanol–water partition coefficient (Wildman–Crippen LogP) is 0.514. The Bertz CT molecular complexity index is 93.7. The molecule has 0 N–H and O–H groups in total. The van der Waals surface area contributed by atoms with Crippen LogP contribution < -0.4 is 0 Å². The van der Waals surface area contributed by atoms with Gasteiger partial charge in [-0.25, -0.2) is 0 Å². The average molecular weight is 148 g/mol. The Labute approximate surface area is 60.1 Å². The number of carbonyl (C=O) groups is 1. The van der Waals surface area contributed by atoms with Gasteiger partial charge in [0.1, 0.15) is 0 Å². The van der Waals surface area contributed by atoms with Crippen LogP contribution in [0.25, 0.3) is 0 Å². The molecule has 2 atom stereocenters. The molecule has 0 saturated carbocycles. The Morgan fingerprint density at radius 3 is 2.30 bits per heavy atom. The second-order valence-electron chi connectivity index (χ2n) is 1.74. The van der Waals surface area contributed by atoms with Gasteiger partial charge in [-0.2, -0.15) is 0 Å². The maximum atomic E-state index is 9.74. The van der Waals surface area contributed by atoms with Crippen LogP contribution in [0.5, 0.6) is 0 Å². The van der Waals surface area contributed by atoms with Crippen LogP contribution in [0.4, 0.5) is 0 Å². The molecule has 0 radical (unpaired) electrons. The third-order valence-electron chi connectivity index (χ3n) is 0.962. The summed E-state index contributed by atoms with van der Waals surface area (Å²) in [6, 6.07) is 0. The van der Waals surface area contributed by atoms with Gasteiger partial charge in [0, 0.05) is 7.11 Å². The third kappa shape index (κ3) is 4.29. The van der Waals surface area contributed by atoms with Crippen LogP contribution in [0, 0.1) is 0 Å². The van der Waals surface area contributed by atoms with Crippen LogP contribution in [0.15, 0.2) is 0 Å². The summed E-state index contributed by atoms with van der Waals surface area (Å²) >= 11 is 0. The Hall–Kier alpha value is -0.610. The van der Waals surface area contributed by atoms with E-state index in [0.29, 0.717) is 6.47 Å². The van der Waals surface area contributed by atoms with Gasteiger partial charge in [-0.05, 0) is 13.8 Å². The summed E-state index contributed by atoms with van der Waals surface area (Å²) in [5, 5.41) is 0. The number of methoxy groups -OCH3 is 1. The van der Waals surface area contributed by atoms with Crippen molar-refractivity contribution in [1.82, 2.24) is 0 Å². The molecular formula is C6H12O4. The number of carbonyl (C=O) groups excluding carboxylic acids is 1. The largest absolute Gasteiger partial charge is 0.438 e. The Balaban J connectivity index is 3.35. The molecule has 60 valence electrons. The van der Waals surface area contributed by atoms with E-state index in [0.717, 1.165) is 0 Å². The van der Waals surface area contributed by atoms with E-state index in [1.54, 1.807) is 13.8 Å². The highest BCUT2D eigenvalue weighted by Crippen LogP contribution is 1.97. The van der Waals surface area contributed by atoms with Crippen LogP contribution in [0.1, 0.15) is 13.8 Å². The Morgan fingerprint density at radius 1 is 1.30 bits per heavy atom. The van der Waals surface area contributed by atoms with E-state index in [4.69, 9.17) is 9.47 Å². The minimum atomic E-state index is -0.549. The van der Waals surface area contributed by atoms with Crippen molar-refractivity contribution in [2.45, 2.75) is 26.4 Å². The monoisotopic (exact) mass is 148 g/mol. The van der Waals surface area contributed by atoms with Crippen LogP contribution in [0.2, 0.25) is 0 Å². The van der Waals surface area contributed by atoms with Crippen molar-refractivity contribution in [2.75, 3.05) is 7.11 Å². The molecule has 4 heteroatoms. The highest BCUT2D eigenvalue weighted by molar-refractivity contribution is 5.37. The maximum Gasteiger partial charge on any atom is 0.295 e. The molecule has 0 aliphatic heterocycles. The molecule has 0 spiro atoms. The summed E-state index contributed by atoms with van der Waals surface area (Å²) in [5.74, 6) is 0. The van der Waals surface area contributed by atoms with Crippen LogP contribution in [-0.4, -0.2) is 26.2 Å². The molecule has 0 amide bonds. The predicted molar refractivity (Wildman–Crippen MR) is 34.2 cm³/mol. The summed E-state index contributed by atoms with van der Waals surface area (Å²) in [5.41, 5.74) is 0. The van der Waals surface area contributed by atoms with E-state index in [1.165, 1.54) is 7.11 Å². The van der Waals surface area contributed by atoms with Gasteiger partial charge in [-0.15, -0.1) is 0 Å². The van der Waals surface area contributed by atoms with Crippen LogP contribution >= 0.6 is 0 Å². The minimum absolute atomic E-state index is 0.340. The van der Waals surface area contributed by atoms with Crippen molar-refractivity contribution >= 4 is 6.47 Å². The zero-order valence-corrected chi connectivity index (χ0v) is 6.37. The Kier molecular flexibility index (Phi) is 4.88. The lowest BCUT2D eigenvalue weighted by Crippen LogP contribution is -2.20. The van der Waals surface area contributed by atoms with Gasteiger partial charge in [-0.3, -0.25) is 4.79 Å². The molecule has 0 aliphatic rings. The zero-order valence-electron chi connectivity index (χ0n) is 6.37. The summed E-state index contributed by atoms with van der Waals surface area (Å²) in [7, 11) is 1.51. The van der Waals surface area contributed by atoms with Gasteiger partial charge in [0.15, 0.2) is 6.29 Å². The molecule has 0 bridgehead atoms. The molecule has 0 rings (SSSR count). The fraction of sp³-hybridized carbons (Fsp3) is 0.833. The molecule has 0 heterocycles. The zero-order chi connectivity index (χ0) is 7.98. The van der Waals surface area contributed by atoms with Gasteiger partial charge >= 0.3 is 0 Å². The SMILES string of the molecule is COC(C)OC(C)OC=O. The topological polar surface area (TPSA) is 44.8 Å². The van der Waals surface area contributed by atoms with Gasteiger partial charge < -0.3 is 14.2 Å². The average Bonchev–Trinajstić information content (AvgIpc) is 1.88. The summed E-state index contributed by atoms with van der Waals surface area (Å²) < 4.78 is 14.1. The fourth-order valence-electron chi connectivity index (χ4n) is 0.436. The normalized spacial score (nSPS) is 15.9. The van der Waals surface area contributed by atoms with Crippen molar-refractivity contribution in [1.29, 1.82) is 0 Å². The van der Waals surface area contributed by atoms with Crippen molar-refractivity contribution in [3.8, 4) is 0 Å². The van der Waals surface area contributed by atoms with E-state index in [2.05, 4.69) is 4.74 Å². The first-order valence-electron chi connectivity index (χ1n) is 2.98. The lowest BCUT2D eigenvalue weighted by Gasteiger charge is -2.15. The smallest absolute Gasteiger partial charge is 0.295 e. The number of hydrogen-bond donors (Lipinski definition) is 0. The Morgan fingerprint density at radius 2 is 1.90 bits per heavy atom. The second kappa shape index (κ2) is 5.20. The van der Waals surface area contributed by atoms with E-state index in [1.807, 2.05) is 0 Å². The lowest BCUT2D eigenvalue weighted by molar-refractivity contribution is -0.214.